The predicted octanol–water partition coefficient (Wildman–Crippen LogP) is 4.71. The zero-order chi connectivity index (χ0) is 25.8. The minimum absolute atomic E-state index is 0.223. The molecular weight excluding hydrogens is 470 g/mol. The number of nitrogens with zero attached hydrogens (tertiary/aromatic N) is 4. The van der Waals surface area contributed by atoms with Crippen LogP contribution in [0.15, 0.2) is 73.3 Å². The summed E-state index contributed by atoms with van der Waals surface area (Å²) in [6, 6.07) is 16.6. The summed E-state index contributed by atoms with van der Waals surface area (Å²) >= 11 is 0. The van der Waals surface area contributed by atoms with Crippen molar-refractivity contribution in [3.8, 4) is 11.6 Å². The fraction of sp³-hybridized carbons (Fsp3) is 0.286. The molecule has 0 unspecified atom stereocenters. The van der Waals surface area contributed by atoms with Crippen molar-refractivity contribution in [3.63, 3.8) is 0 Å². The second kappa shape index (κ2) is 10.4. The molecule has 2 heterocycles. The molecule has 1 fully saturated rings. The van der Waals surface area contributed by atoms with Crippen LogP contribution in [0.5, 0.6) is 5.88 Å². The van der Waals surface area contributed by atoms with Gasteiger partial charge in [-0.1, -0.05) is 18.2 Å². The Morgan fingerprint density at radius 3 is 2.65 bits per heavy atom. The van der Waals surface area contributed by atoms with E-state index in [1.54, 1.807) is 37.8 Å². The lowest BCUT2D eigenvalue weighted by Crippen LogP contribution is -2.35. The summed E-state index contributed by atoms with van der Waals surface area (Å²) < 4.78 is 12.7. The van der Waals surface area contributed by atoms with E-state index >= 15 is 0 Å². The van der Waals surface area contributed by atoms with Crippen molar-refractivity contribution in [3.05, 3.63) is 90.1 Å². The van der Waals surface area contributed by atoms with Crippen molar-refractivity contribution >= 4 is 17.6 Å². The van der Waals surface area contributed by atoms with Crippen LogP contribution in [0.1, 0.15) is 47.3 Å². The maximum absolute atomic E-state index is 12.4. The molecule has 2 N–H and O–H groups in total. The molecule has 4 aromatic rings. The van der Waals surface area contributed by atoms with Gasteiger partial charge in [-0.05, 0) is 68.5 Å². The number of hydrogen-bond donors (Lipinski definition) is 2. The SMILES string of the molecule is COc1ccnc(Nc2cc(C)cc(-n3cnc([C@]4(O)CC[C@H](OC(=O)c5ccccc5)CC4)c3)c2)n1. The first-order valence-electron chi connectivity index (χ1n) is 12.2. The highest BCUT2D eigenvalue weighted by Gasteiger charge is 2.38. The molecule has 37 heavy (non-hydrogen) atoms. The van der Waals surface area contributed by atoms with Crippen LogP contribution in [-0.4, -0.2) is 43.8 Å². The van der Waals surface area contributed by atoms with Crippen LogP contribution in [0, 0.1) is 6.92 Å². The largest absolute Gasteiger partial charge is 0.481 e. The number of imidazole rings is 1. The van der Waals surface area contributed by atoms with Gasteiger partial charge in [-0.2, -0.15) is 4.98 Å². The quantitative estimate of drug-likeness (QED) is 0.352. The van der Waals surface area contributed by atoms with E-state index in [-0.39, 0.29) is 12.1 Å². The minimum atomic E-state index is -1.07. The Bertz CT molecular complexity index is 1380. The molecule has 9 heteroatoms. The molecule has 5 rings (SSSR count). The van der Waals surface area contributed by atoms with Crippen molar-refractivity contribution in [2.24, 2.45) is 0 Å². The van der Waals surface area contributed by atoms with Gasteiger partial charge in [-0.3, -0.25) is 0 Å². The van der Waals surface area contributed by atoms with E-state index in [0.29, 0.717) is 48.8 Å². The van der Waals surface area contributed by atoms with Gasteiger partial charge in [-0.15, -0.1) is 0 Å². The smallest absolute Gasteiger partial charge is 0.338 e. The molecule has 1 saturated carbocycles. The van der Waals surface area contributed by atoms with Crippen molar-refractivity contribution < 1.29 is 19.4 Å². The van der Waals surface area contributed by atoms with Gasteiger partial charge in [0.2, 0.25) is 11.8 Å². The summed E-state index contributed by atoms with van der Waals surface area (Å²) in [5.41, 5.74) is 2.81. The number of anilines is 2. The molecule has 0 aliphatic heterocycles. The van der Waals surface area contributed by atoms with E-state index in [1.165, 1.54) is 0 Å². The zero-order valence-electron chi connectivity index (χ0n) is 20.8. The molecule has 1 aliphatic rings. The number of ether oxygens (including phenoxy) is 2. The van der Waals surface area contributed by atoms with Gasteiger partial charge in [0.05, 0.1) is 24.7 Å². The zero-order valence-corrected chi connectivity index (χ0v) is 20.8. The van der Waals surface area contributed by atoms with Gasteiger partial charge in [-0.25, -0.2) is 14.8 Å². The molecule has 0 radical (unpaired) electrons. The Morgan fingerprint density at radius 2 is 1.89 bits per heavy atom. The number of benzene rings is 2. The van der Waals surface area contributed by atoms with E-state index in [9.17, 15) is 9.90 Å². The van der Waals surface area contributed by atoms with Gasteiger partial charge in [0.25, 0.3) is 0 Å². The summed E-state index contributed by atoms with van der Waals surface area (Å²) in [7, 11) is 1.56. The molecule has 0 bridgehead atoms. The maximum Gasteiger partial charge on any atom is 0.338 e. The van der Waals surface area contributed by atoms with Crippen LogP contribution in [0.4, 0.5) is 11.6 Å². The first kappa shape index (κ1) is 24.5. The van der Waals surface area contributed by atoms with Gasteiger partial charge in [0, 0.05) is 29.8 Å². The third-order valence-electron chi connectivity index (χ3n) is 6.56. The van der Waals surface area contributed by atoms with Crippen LogP contribution in [0.25, 0.3) is 5.69 Å². The Morgan fingerprint density at radius 1 is 1.11 bits per heavy atom. The van der Waals surface area contributed by atoms with Crippen molar-refractivity contribution in [1.82, 2.24) is 19.5 Å². The lowest BCUT2D eigenvalue weighted by molar-refractivity contribution is -0.0485. The highest BCUT2D eigenvalue weighted by atomic mass is 16.5. The number of rotatable bonds is 7. The predicted molar refractivity (Wildman–Crippen MR) is 138 cm³/mol. The van der Waals surface area contributed by atoms with E-state index in [4.69, 9.17) is 9.47 Å². The molecule has 0 atom stereocenters. The summed E-state index contributed by atoms with van der Waals surface area (Å²) in [5, 5.41) is 14.6. The van der Waals surface area contributed by atoms with Crippen LogP contribution >= 0.6 is 0 Å². The number of nitrogens with one attached hydrogen (secondary N) is 1. The molecule has 9 nitrogen and oxygen atoms in total. The van der Waals surface area contributed by atoms with E-state index in [2.05, 4.69) is 20.3 Å². The standard InChI is InChI=1S/C28H29N5O4/c1-19-14-21(31-27-29-13-10-25(32-27)36-2)16-22(15-19)33-17-24(30-18-33)28(35)11-8-23(9-12-28)37-26(34)20-6-4-3-5-7-20/h3-7,10,13-18,23,35H,8-9,11-12H2,1-2H3,(H,29,31,32)/t23-,28-. The molecule has 0 saturated heterocycles. The Kier molecular flexibility index (Phi) is 6.87. The Labute approximate surface area is 215 Å². The van der Waals surface area contributed by atoms with E-state index in [1.807, 2.05) is 54.1 Å². The first-order chi connectivity index (χ1) is 17.9. The number of esters is 1. The fourth-order valence-electron chi connectivity index (χ4n) is 4.57. The van der Waals surface area contributed by atoms with Crippen molar-refractivity contribution in [1.29, 1.82) is 0 Å². The van der Waals surface area contributed by atoms with Crippen LogP contribution in [0.2, 0.25) is 0 Å². The van der Waals surface area contributed by atoms with Crippen LogP contribution in [0.3, 0.4) is 0 Å². The van der Waals surface area contributed by atoms with Gasteiger partial charge >= 0.3 is 5.97 Å². The number of carbonyl (C=O) groups is 1. The second-order valence-electron chi connectivity index (χ2n) is 9.27. The number of hydrogen-bond acceptors (Lipinski definition) is 8. The van der Waals surface area contributed by atoms with Gasteiger partial charge in [0.1, 0.15) is 11.7 Å². The average molecular weight is 500 g/mol. The maximum atomic E-state index is 12.4. The van der Waals surface area contributed by atoms with Crippen molar-refractivity contribution in [2.75, 3.05) is 12.4 Å². The Balaban J connectivity index is 1.26. The number of aliphatic hydroxyl groups is 1. The van der Waals surface area contributed by atoms with E-state index in [0.717, 1.165) is 16.9 Å². The summed E-state index contributed by atoms with van der Waals surface area (Å²) in [5.74, 6) is 0.576. The lowest BCUT2D eigenvalue weighted by atomic mass is 9.81. The highest BCUT2D eigenvalue weighted by molar-refractivity contribution is 5.89. The summed E-state index contributed by atoms with van der Waals surface area (Å²) in [4.78, 5) is 25.5. The normalized spacial score (nSPS) is 19.3. The monoisotopic (exact) mass is 499 g/mol. The molecule has 190 valence electrons. The molecule has 2 aromatic carbocycles. The number of aromatic nitrogens is 4. The average Bonchev–Trinajstić information content (AvgIpc) is 3.42. The Hall–Kier alpha value is -4.24. The lowest BCUT2D eigenvalue weighted by Gasteiger charge is -2.34. The molecule has 0 amide bonds. The minimum Gasteiger partial charge on any atom is -0.481 e. The second-order valence-corrected chi connectivity index (χ2v) is 9.27. The topological polar surface area (TPSA) is 111 Å². The highest BCUT2D eigenvalue weighted by Crippen LogP contribution is 2.38. The van der Waals surface area contributed by atoms with Crippen LogP contribution in [-0.2, 0) is 10.3 Å². The summed E-state index contributed by atoms with van der Waals surface area (Å²) in [6.45, 7) is 2.00. The van der Waals surface area contributed by atoms with Gasteiger partial charge in [0.15, 0.2) is 0 Å². The number of aryl methyl sites for hydroxylation is 1. The number of methoxy groups -OCH3 is 1. The summed E-state index contributed by atoms with van der Waals surface area (Å²) in [6.07, 6.45) is 7.04. The van der Waals surface area contributed by atoms with Gasteiger partial charge < -0.3 is 24.5 Å². The first-order valence-corrected chi connectivity index (χ1v) is 12.2. The molecule has 0 spiro atoms. The third kappa shape index (κ3) is 5.62. The molecule has 1 aliphatic carbocycles. The molecular formula is C28H29N5O4. The van der Waals surface area contributed by atoms with E-state index < -0.39 is 5.60 Å². The molecule has 2 aromatic heterocycles. The van der Waals surface area contributed by atoms with Crippen molar-refractivity contribution in [2.45, 2.75) is 44.3 Å². The fourth-order valence-corrected chi connectivity index (χ4v) is 4.57. The third-order valence-corrected chi connectivity index (χ3v) is 6.56. The number of carbonyl (C=O) groups excluding carboxylic acids is 1. The van der Waals surface area contributed by atoms with Crippen LogP contribution < -0.4 is 10.1 Å².